The number of hydrogen-bond acceptors (Lipinski definition) is 3. The van der Waals surface area contributed by atoms with Gasteiger partial charge in [0.15, 0.2) is 0 Å². The molecule has 2 heterocycles. The zero-order valence-corrected chi connectivity index (χ0v) is 11.0. The minimum absolute atomic E-state index is 0.554. The Balaban J connectivity index is 1.80. The lowest BCUT2D eigenvalue weighted by Gasteiger charge is -2.23. The lowest BCUT2D eigenvalue weighted by molar-refractivity contribution is 0.318. The third kappa shape index (κ3) is 2.07. The van der Waals surface area contributed by atoms with Crippen molar-refractivity contribution >= 4 is 17.3 Å². The van der Waals surface area contributed by atoms with Gasteiger partial charge in [0, 0.05) is 18.8 Å². The monoisotopic (exact) mass is 261 g/mol. The van der Waals surface area contributed by atoms with Crippen LogP contribution in [0.4, 0.5) is 5.69 Å². The number of rotatable bonds is 1. The van der Waals surface area contributed by atoms with Gasteiger partial charge in [-0.2, -0.15) is 5.26 Å². The van der Waals surface area contributed by atoms with E-state index in [9.17, 15) is 0 Å². The number of fused-ring (bicyclic) bond motifs is 1. The molecule has 0 aromatic heterocycles. The molecule has 1 N–H and O–H groups in total. The van der Waals surface area contributed by atoms with Crippen molar-refractivity contribution in [1.82, 2.24) is 5.32 Å². The lowest BCUT2D eigenvalue weighted by Crippen LogP contribution is -2.35. The summed E-state index contributed by atoms with van der Waals surface area (Å²) < 4.78 is 0. The molecule has 1 aromatic carbocycles. The fourth-order valence-corrected chi connectivity index (χ4v) is 3.29. The third-order valence-electron chi connectivity index (χ3n) is 4.11. The zero-order chi connectivity index (χ0) is 12.5. The number of nitrogens with one attached hydrogen (secondary N) is 1. The van der Waals surface area contributed by atoms with E-state index in [4.69, 9.17) is 16.9 Å². The van der Waals surface area contributed by atoms with Crippen LogP contribution in [0.2, 0.25) is 5.02 Å². The highest BCUT2D eigenvalue weighted by Gasteiger charge is 2.34. The van der Waals surface area contributed by atoms with Gasteiger partial charge in [0.1, 0.15) is 6.07 Å². The molecule has 3 rings (SSSR count). The van der Waals surface area contributed by atoms with Crippen LogP contribution in [-0.2, 0) is 0 Å². The van der Waals surface area contributed by atoms with Crippen molar-refractivity contribution in [3.05, 3.63) is 28.8 Å². The lowest BCUT2D eigenvalue weighted by atomic mass is 9.90. The van der Waals surface area contributed by atoms with Crippen LogP contribution in [0.25, 0.3) is 0 Å². The van der Waals surface area contributed by atoms with Crippen LogP contribution < -0.4 is 10.2 Å². The summed E-state index contributed by atoms with van der Waals surface area (Å²) in [6.07, 6.45) is 1.27. The molecule has 2 aliphatic heterocycles. The van der Waals surface area contributed by atoms with Gasteiger partial charge < -0.3 is 10.2 Å². The van der Waals surface area contributed by atoms with Gasteiger partial charge in [-0.05, 0) is 49.5 Å². The van der Waals surface area contributed by atoms with Crippen LogP contribution >= 0.6 is 11.6 Å². The fraction of sp³-hybridized carbons (Fsp3) is 0.500. The van der Waals surface area contributed by atoms with E-state index >= 15 is 0 Å². The Bertz CT molecular complexity index is 480. The molecule has 4 heteroatoms. The Labute approximate surface area is 112 Å². The van der Waals surface area contributed by atoms with Crippen LogP contribution in [0, 0.1) is 23.2 Å². The summed E-state index contributed by atoms with van der Waals surface area (Å²) in [5.41, 5.74) is 1.70. The molecule has 3 nitrogen and oxygen atoms in total. The second-order valence-electron chi connectivity index (χ2n) is 5.19. The fourth-order valence-electron chi connectivity index (χ4n) is 3.07. The van der Waals surface area contributed by atoms with E-state index in [1.807, 2.05) is 18.2 Å². The number of anilines is 1. The zero-order valence-electron chi connectivity index (χ0n) is 10.2. The minimum Gasteiger partial charge on any atom is -0.371 e. The smallest absolute Gasteiger partial charge is 0.101 e. The second kappa shape index (κ2) is 4.79. The largest absolute Gasteiger partial charge is 0.371 e. The number of halogens is 1. The number of hydrogen-bond donors (Lipinski definition) is 1. The van der Waals surface area contributed by atoms with Crippen molar-refractivity contribution in [2.75, 3.05) is 31.1 Å². The average molecular weight is 262 g/mol. The molecule has 94 valence electrons. The topological polar surface area (TPSA) is 39.1 Å². The molecule has 0 bridgehead atoms. The number of nitriles is 1. The molecule has 0 amide bonds. The summed E-state index contributed by atoms with van der Waals surface area (Å²) in [7, 11) is 0. The normalized spacial score (nSPS) is 26.8. The molecule has 0 spiro atoms. The van der Waals surface area contributed by atoms with Crippen molar-refractivity contribution in [3.63, 3.8) is 0 Å². The molecule has 18 heavy (non-hydrogen) atoms. The van der Waals surface area contributed by atoms with E-state index in [0.29, 0.717) is 10.6 Å². The molecular weight excluding hydrogens is 246 g/mol. The molecule has 0 radical (unpaired) electrons. The predicted octanol–water partition coefficient (Wildman–Crippen LogP) is 2.26. The molecule has 0 aliphatic carbocycles. The van der Waals surface area contributed by atoms with E-state index in [2.05, 4.69) is 16.3 Å². The highest BCUT2D eigenvalue weighted by Crippen LogP contribution is 2.33. The van der Waals surface area contributed by atoms with Crippen LogP contribution in [0.3, 0.4) is 0 Å². The van der Waals surface area contributed by atoms with Gasteiger partial charge in [0.2, 0.25) is 0 Å². The minimum atomic E-state index is 0.554. The van der Waals surface area contributed by atoms with Gasteiger partial charge in [0.05, 0.1) is 10.6 Å². The maximum Gasteiger partial charge on any atom is 0.101 e. The van der Waals surface area contributed by atoms with E-state index in [1.54, 1.807) is 0 Å². The Hall–Kier alpha value is -1.24. The van der Waals surface area contributed by atoms with E-state index in [1.165, 1.54) is 6.42 Å². The predicted molar refractivity (Wildman–Crippen MR) is 72.8 cm³/mol. The standard InChI is InChI=1S/C14H16ClN3/c15-14-5-13(2-1-10(14)6-16)18-8-11-3-4-17-7-12(11)9-18/h1-2,5,11-12,17H,3-4,7-9H2/t11-,12+/m0/s1. The van der Waals surface area contributed by atoms with E-state index in [0.717, 1.165) is 43.7 Å². The van der Waals surface area contributed by atoms with Crippen molar-refractivity contribution < 1.29 is 0 Å². The van der Waals surface area contributed by atoms with Crippen LogP contribution in [0.5, 0.6) is 0 Å². The maximum absolute atomic E-state index is 8.89. The molecular formula is C14H16ClN3. The Morgan fingerprint density at radius 3 is 2.89 bits per heavy atom. The first kappa shape index (κ1) is 11.8. The van der Waals surface area contributed by atoms with Crippen LogP contribution in [-0.4, -0.2) is 26.2 Å². The van der Waals surface area contributed by atoms with Crippen LogP contribution in [0.1, 0.15) is 12.0 Å². The summed E-state index contributed by atoms with van der Waals surface area (Å²) in [5, 5.41) is 12.9. The van der Waals surface area contributed by atoms with Gasteiger partial charge in [-0.3, -0.25) is 0 Å². The first-order chi connectivity index (χ1) is 8.78. The quantitative estimate of drug-likeness (QED) is 0.843. The van der Waals surface area contributed by atoms with Gasteiger partial charge in [0.25, 0.3) is 0 Å². The third-order valence-corrected chi connectivity index (χ3v) is 4.43. The molecule has 2 fully saturated rings. The van der Waals surface area contributed by atoms with E-state index in [-0.39, 0.29) is 0 Å². The summed E-state index contributed by atoms with van der Waals surface area (Å²) >= 11 is 6.10. The molecule has 1 aromatic rings. The van der Waals surface area contributed by atoms with Crippen molar-refractivity contribution in [3.8, 4) is 6.07 Å². The Kier molecular flexibility index (Phi) is 3.15. The van der Waals surface area contributed by atoms with Crippen molar-refractivity contribution in [2.24, 2.45) is 11.8 Å². The average Bonchev–Trinajstić information content (AvgIpc) is 2.82. The summed E-state index contributed by atoms with van der Waals surface area (Å²) in [6.45, 7) is 4.49. The maximum atomic E-state index is 8.89. The van der Waals surface area contributed by atoms with Crippen molar-refractivity contribution in [1.29, 1.82) is 5.26 Å². The molecule has 2 saturated heterocycles. The Morgan fingerprint density at radius 1 is 1.33 bits per heavy atom. The van der Waals surface area contributed by atoms with Gasteiger partial charge in [-0.25, -0.2) is 0 Å². The number of nitrogens with zero attached hydrogens (tertiary/aromatic N) is 2. The van der Waals surface area contributed by atoms with Gasteiger partial charge >= 0.3 is 0 Å². The van der Waals surface area contributed by atoms with Gasteiger partial charge in [-0.15, -0.1) is 0 Å². The Morgan fingerprint density at radius 2 is 2.17 bits per heavy atom. The number of piperidine rings is 1. The highest BCUT2D eigenvalue weighted by atomic mass is 35.5. The second-order valence-corrected chi connectivity index (χ2v) is 5.60. The first-order valence-corrected chi connectivity index (χ1v) is 6.81. The summed E-state index contributed by atoms with van der Waals surface area (Å²) in [6, 6.07) is 7.85. The highest BCUT2D eigenvalue weighted by molar-refractivity contribution is 6.32. The van der Waals surface area contributed by atoms with Gasteiger partial charge in [-0.1, -0.05) is 11.6 Å². The summed E-state index contributed by atoms with van der Waals surface area (Å²) in [4.78, 5) is 2.40. The molecule has 0 saturated carbocycles. The summed E-state index contributed by atoms with van der Waals surface area (Å²) in [5.74, 6) is 1.56. The van der Waals surface area contributed by atoms with Crippen LogP contribution in [0.15, 0.2) is 18.2 Å². The van der Waals surface area contributed by atoms with Crippen molar-refractivity contribution in [2.45, 2.75) is 6.42 Å². The SMILES string of the molecule is N#Cc1ccc(N2C[C@H]3CNCC[C@H]3C2)cc1Cl. The van der Waals surface area contributed by atoms with E-state index < -0.39 is 0 Å². The molecule has 2 atom stereocenters. The number of benzene rings is 1. The molecule has 0 unspecified atom stereocenters. The first-order valence-electron chi connectivity index (χ1n) is 6.43. The molecule has 2 aliphatic rings.